The van der Waals surface area contributed by atoms with E-state index in [2.05, 4.69) is 10.6 Å². The molecule has 0 radical (unpaired) electrons. The van der Waals surface area contributed by atoms with Crippen LogP contribution < -0.4 is 24.8 Å². The van der Waals surface area contributed by atoms with Crippen LogP contribution in [0.25, 0.3) is 0 Å². The highest BCUT2D eigenvalue weighted by Crippen LogP contribution is 2.40. The Morgan fingerprint density at radius 3 is 2.21 bits per heavy atom. The Morgan fingerprint density at radius 2 is 1.62 bits per heavy atom. The van der Waals surface area contributed by atoms with Crippen molar-refractivity contribution in [3.05, 3.63) is 33.7 Å². The number of ether oxygens (including phenoxy) is 4. The molecule has 2 aromatic rings. The number of esters is 1. The monoisotopic (exact) mass is 506 g/mol. The number of carbonyl (C=O) groups is 2. The number of hydrogen-bond acceptors (Lipinski definition) is 8. The molecular weight excluding hydrogens is 476 g/mol. The summed E-state index contributed by atoms with van der Waals surface area (Å²) in [7, 11) is 0. The third kappa shape index (κ3) is 5.79. The van der Waals surface area contributed by atoms with Crippen molar-refractivity contribution in [2.45, 2.75) is 47.0 Å². The number of fused-ring (bicyclic) bond motifs is 1. The van der Waals surface area contributed by atoms with Gasteiger partial charge in [0.2, 0.25) is 5.75 Å². The van der Waals surface area contributed by atoms with Gasteiger partial charge in [-0.2, -0.15) is 0 Å². The number of rotatable bonds is 10. The summed E-state index contributed by atoms with van der Waals surface area (Å²) in [4.78, 5) is 26.7. The Hall–Kier alpha value is -2.85. The normalized spacial score (nSPS) is 12.0. The molecule has 1 aliphatic rings. The molecule has 0 saturated carbocycles. The van der Waals surface area contributed by atoms with Gasteiger partial charge in [0.1, 0.15) is 5.00 Å². The summed E-state index contributed by atoms with van der Waals surface area (Å²) in [5.74, 6) is 0.463. The van der Waals surface area contributed by atoms with Crippen LogP contribution in [0, 0.1) is 0 Å². The number of nitrogens with one attached hydrogen (secondary N) is 2. The van der Waals surface area contributed by atoms with Gasteiger partial charge in [0.15, 0.2) is 16.6 Å². The van der Waals surface area contributed by atoms with Crippen molar-refractivity contribution >= 4 is 45.5 Å². The fourth-order valence-corrected chi connectivity index (χ4v) is 5.28. The van der Waals surface area contributed by atoms with Gasteiger partial charge in [-0.25, -0.2) is 4.79 Å². The number of amides is 1. The van der Waals surface area contributed by atoms with Gasteiger partial charge in [0, 0.05) is 10.4 Å². The van der Waals surface area contributed by atoms with Crippen molar-refractivity contribution in [2.24, 2.45) is 0 Å². The van der Waals surface area contributed by atoms with Crippen LogP contribution in [0.3, 0.4) is 0 Å². The van der Waals surface area contributed by atoms with Crippen LogP contribution in [0.4, 0.5) is 5.00 Å². The average molecular weight is 507 g/mol. The van der Waals surface area contributed by atoms with Crippen molar-refractivity contribution in [3.8, 4) is 17.2 Å². The molecule has 0 saturated heterocycles. The SMILES string of the molecule is CCOC(=O)c1c(NC(=S)NC(=O)c2cc(OCC)c(OCC)c(OCC)c2)sc2c1CCC2. The van der Waals surface area contributed by atoms with E-state index in [0.717, 1.165) is 29.7 Å². The number of thiophene rings is 1. The largest absolute Gasteiger partial charge is 0.490 e. The van der Waals surface area contributed by atoms with E-state index in [1.165, 1.54) is 11.3 Å². The zero-order chi connectivity index (χ0) is 24.7. The summed E-state index contributed by atoms with van der Waals surface area (Å²) in [5, 5.41) is 6.37. The average Bonchev–Trinajstić information content (AvgIpc) is 3.36. The third-order valence-corrected chi connectivity index (χ3v) is 6.44. The second-order valence-electron chi connectivity index (χ2n) is 7.29. The molecule has 1 aromatic carbocycles. The molecule has 2 N–H and O–H groups in total. The van der Waals surface area contributed by atoms with Crippen LogP contribution in [-0.2, 0) is 17.6 Å². The van der Waals surface area contributed by atoms with Gasteiger partial charge in [-0.15, -0.1) is 11.3 Å². The molecule has 1 heterocycles. The van der Waals surface area contributed by atoms with E-state index >= 15 is 0 Å². The summed E-state index contributed by atoms with van der Waals surface area (Å²) >= 11 is 6.86. The molecule has 1 amide bonds. The van der Waals surface area contributed by atoms with Crippen LogP contribution in [0.15, 0.2) is 12.1 Å². The predicted molar refractivity (Wildman–Crippen MR) is 136 cm³/mol. The molecule has 0 fully saturated rings. The fraction of sp³-hybridized carbons (Fsp3) is 0.458. The lowest BCUT2D eigenvalue weighted by molar-refractivity contribution is 0.0527. The molecule has 34 heavy (non-hydrogen) atoms. The second-order valence-corrected chi connectivity index (χ2v) is 8.80. The number of carbonyl (C=O) groups excluding carboxylic acids is 2. The van der Waals surface area contributed by atoms with Gasteiger partial charge in [0.05, 0.1) is 32.0 Å². The van der Waals surface area contributed by atoms with Crippen LogP contribution >= 0.6 is 23.6 Å². The molecule has 0 atom stereocenters. The zero-order valence-corrected chi connectivity index (χ0v) is 21.5. The van der Waals surface area contributed by atoms with Crippen molar-refractivity contribution < 1.29 is 28.5 Å². The van der Waals surface area contributed by atoms with Crippen LogP contribution in [-0.4, -0.2) is 43.4 Å². The van der Waals surface area contributed by atoms with E-state index in [1.54, 1.807) is 19.1 Å². The number of benzene rings is 1. The lowest BCUT2D eigenvalue weighted by Crippen LogP contribution is -2.34. The smallest absolute Gasteiger partial charge is 0.341 e. The summed E-state index contributed by atoms with van der Waals surface area (Å²) in [5.41, 5.74) is 1.82. The van der Waals surface area contributed by atoms with E-state index in [-0.39, 0.29) is 17.7 Å². The van der Waals surface area contributed by atoms with Crippen molar-refractivity contribution in [2.75, 3.05) is 31.7 Å². The molecule has 8 nitrogen and oxygen atoms in total. The highest BCUT2D eigenvalue weighted by atomic mass is 32.1. The van der Waals surface area contributed by atoms with Crippen molar-refractivity contribution in [1.29, 1.82) is 0 Å². The van der Waals surface area contributed by atoms with Crippen LogP contribution in [0.1, 0.15) is 65.3 Å². The van der Waals surface area contributed by atoms with Crippen molar-refractivity contribution in [1.82, 2.24) is 5.32 Å². The van der Waals surface area contributed by atoms with E-state index in [9.17, 15) is 9.59 Å². The van der Waals surface area contributed by atoms with E-state index in [1.807, 2.05) is 20.8 Å². The molecule has 1 aromatic heterocycles. The highest BCUT2D eigenvalue weighted by molar-refractivity contribution is 7.80. The summed E-state index contributed by atoms with van der Waals surface area (Å²) < 4.78 is 22.3. The number of hydrogen-bond donors (Lipinski definition) is 2. The summed E-state index contributed by atoms with van der Waals surface area (Å²) in [6.07, 6.45) is 2.75. The molecule has 1 aliphatic carbocycles. The molecule has 0 aliphatic heterocycles. The maximum atomic E-state index is 13.0. The first-order chi connectivity index (χ1) is 16.4. The van der Waals surface area contributed by atoms with E-state index in [4.69, 9.17) is 31.2 Å². The Morgan fingerprint density at radius 1 is 0.971 bits per heavy atom. The first-order valence-corrected chi connectivity index (χ1v) is 12.7. The Labute approximate surface area is 208 Å². The minimum Gasteiger partial charge on any atom is -0.490 e. The molecule has 0 bridgehead atoms. The molecule has 3 rings (SSSR count). The first-order valence-electron chi connectivity index (χ1n) is 11.4. The zero-order valence-electron chi connectivity index (χ0n) is 19.9. The predicted octanol–water partition coefficient (Wildman–Crippen LogP) is 4.74. The van der Waals surface area contributed by atoms with Gasteiger partial charge >= 0.3 is 5.97 Å². The Kier molecular flexibility index (Phi) is 9.12. The number of aryl methyl sites for hydroxylation is 1. The standard InChI is InChI=1S/C24H30N2O6S2/c1-5-29-16-12-14(13-17(30-6-2)20(16)31-7-3)21(27)25-24(33)26-22-19(23(28)32-8-4)15-10-9-11-18(15)34-22/h12-13H,5-11H2,1-4H3,(H2,25,26,27,33). The first kappa shape index (κ1) is 25.8. The molecule has 0 unspecified atom stereocenters. The quantitative estimate of drug-likeness (QED) is 0.353. The number of anilines is 1. The maximum Gasteiger partial charge on any atom is 0.341 e. The molecule has 0 spiro atoms. The van der Waals surface area contributed by atoms with Gasteiger partial charge in [-0.05, 0) is 76.9 Å². The number of thiocarbonyl (C=S) groups is 1. The van der Waals surface area contributed by atoms with Gasteiger partial charge < -0.3 is 24.3 Å². The van der Waals surface area contributed by atoms with E-state index < -0.39 is 5.91 Å². The minimum absolute atomic E-state index is 0.0836. The maximum absolute atomic E-state index is 13.0. The highest BCUT2D eigenvalue weighted by Gasteiger charge is 2.28. The fourth-order valence-electron chi connectivity index (χ4n) is 3.74. The van der Waals surface area contributed by atoms with Crippen molar-refractivity contribution in [3.63, 3.8) is 0 Å². The lowest BCUT2D eigenvalue weighted by atomic mass is 10.1. The molecule has 10 heteroatoms. The second kappa shape index (κ2) is 12.0. The molecular formula is C24H30N2O6S2. The van der Waals surface area contributed by atoms with Gasteiger partial charge in [-0.1, -0.05) is 0 Å². The minimum atomic E-state index is -0.441. The lowest BCUT2D eigenvalue weighted by Gasteiger charge is -2.17. The van der Waals surface area contributed by atoms with Crippen LogP contribution in [0.2, 0.25) is 0 Å². The molecule has 184 valence electrons. The Bertz CT molecular complexity index is 1040. The van der Waals surface area contributed by atoms with E-state index in [0.29, 0.717) is 53.2 Å². The Balaban J connectivity index is 1.81. The van der Waals surface area contributed by atoms with Crippen LogP contribution in [0.5, 0.6) is 17.2 Å². The van der Waals surface area contributed by atoms with Gasteiger partial charge in [0.25, 0.3) is 5.91 Å². The topological polar surface area (TPSA) is 95.1 Å². The third-order valence-electron chi connectivity index (χ3n) is 5.03. The summed E-state index contributed by atoms with van der Waals surface area (Å²) in [6, 6.07) is 3.19. The van der Waals surface area contributed by atoms with Gasteiger partial charge in [-0.3, -0.25) is 10.1 Å². The summed E-state index contributed by atoms with van der Waals surface area (Å²) in [6.45, 7) is 8.84.